The van der Waals surface area contributed by atoms with Crippen molar-refractivity contribution in [2.24, 2.45) is 0 Å². The summed E-state index contributed by atoms with van der Waals surface area (Å²) in [6.45, 7) is 2.10. The van der Waals surface area contributed by atoms with E-state index in [1.54, 1.807) is 23.6 Å². The molecule has 4 aromatic rings. The number of aromatic nitrogens is 4. The predicted octanol–water partition coefficient (Wildman–Crippen LogP) is 2.48. The average molecular weight is 456 g/mol. The molecule has 9 heteroatoms. The van der Waals surface area contributed by atoms with E-state index in [4.69, 9.17) is 4.98 Å². The maximum Gasteiger partial charge on any atom is 0.246 e. The lowest BCUT2D eigenvalue weighted by Gasteiger charge is -2.32. The zero-order valence-corrected chi connectivity index (χ0v) is 19.3. The lowest BCUT2D eigenvalue weighted by Crippen LogP contribution is -2.38. The summed E-state index contributed by atoms with van der Waals surface area (Å²) in [4.78, 5) is 23.9. The molecule has 5 rings (SSSR count). The zero-order chi connectivity index (χ0) is 22.6. The maximum atomic E-state index is 12.8. The van der Waals surface area contributed by atoms with Crippen LogP contribution in [0.1, 0.15) is 35.6 Å². The van der Waals surface area contributed by atoms with E-state index in [1.165, 1.54) is 0 Å². The van der Waals surface area contributed by atoms with Crippen LogP contribution >= 0.6 is 11.3 Å². The van der Waals surface area contributed by atoms with Gasteiger partial charge in [-0.1, -0.05) is 6.07 Å². The molecule has 1 aliphatic rings. The monoisotopic (exact) mass is 456 g/mol. The molecule has 0 bridgehead atoms. The van der Waals surface area contributed by atoms with E-state index in [0.717, 1.165) is 53.1 Å². The minimum atomic E-state index is 0.0578. The number of nitrogens with zero attached hydrogens (tertiary/aromatic N) is 5. The minimum absolute atomic E-state index is 0.0578. The predicted molar refractivity (Wildman–Crippen MR) is 135 cm³/mol. The highest BCUT2D eigenvalue weighted by Crippen LogP contribution is 2.28. The molecule has 1 saturated heterocycles. The lowest BCUT2D eigenvalue weighted by atomic mass is 9.93. The van der Waals surface area contributed by atoms with Gasteiger partial charge in [-0.05, 0) is 58.4 Å². The van der Waals surface area contributed by atoms with Crippen LogP contribution in [0, 0.1) is 0 Å². The maximum absolute atomic E-state index is 12.8. The summed E-state index contributed by atoms with van der Waals surface area (Å²) in [5, 5.41) is 12.1. The summed E-state index contributed by atoms with van der Waals surface area (Å²) in [5.74, 6) is 1.14. The Hall–Kier alpha value is -3.46. The van der Waals surface area contributed by atoms with Crippen LogP contribution in [0.4, 0.5) is 5.82 Å². The van der Waals surface area contributed by atoms with Crippen LogP contribution in [-0.2, 0) is 11.3 Å². The molecule has 7 nitrogen and oxygen atoms in total. The number of hydrogen-bond acceptors (Lipinski definition) is 6. The number of carbonyl (C=O) groups is 1. The molecule has 5 heterocycles. The Morgan fingerprint density at radius 1 is 1.33 bits per heavy atom. The summed E-state index contributed by atoms with van der Waals surface area (Å²) in [5.41, 5.74) is 5.04. The van der Waals surface area contributed by atoms with Gasteiger partial charge in [0.25, 0.3) is 0 Å². The second kappa shape index (κ2) is 9.58. The molecule has 1 fully saturated rings. The molecule has 166 valence electrons. The van der Waals surface area contributed by atoms with Crippen molar-refractivity contribution < 1.29 is 4.79 Å². The number of amides is 1. The number of piperidine rings is 1. The van der Waals surface area contributed by atoms with E-state index in [9.17, 15) is 4.79 Å². The van der Waals surface area contributed by atoms with Crippen LogP contribution < -0.4 is 10.8 Å². The topological polar surface area (TPSA) is 75.4 Å². The van der Waals surface area contributed by atoms with E-state index < -0.39 is 0 Å². The Bertz CT molecular complexity index is 1270. The van der Waals surface area contributed by atoms with Crippen LogP contribution in [0.2, 0.25) is 0 Å². The van der Waals surface area contributed by atoms with Crippen LogP contribution in [0.3, 0.4) is 0 Å². The van der Waals surface area contributed by atoms with Crippen molar-refractivity contribution in [2.75, 3.05) is 18.4 Å². The third-order valence-electron chi connectivity index (χ3n) is 5.98. The van der Waals surface area contributed by atoms with Crippen LogP contribution in [0.25, 0.3) is 11.7 Å². The van der Waals surface area contributed by atoms with E-state index in [1.807, 2.05) is 64.7 Å². The Morgan fingerprint density at radius 2 is 2.27 bits per heavy atom. The molecule has 0 aromatic carbocycles. The lowest BCUT2D eigenvalue weighted by molar-refractivity contribution is -0.127. The van der Waals surface area contributed by atoms with E-state index in [-0.39, 0.29) is 11.8 Å². The first-order valence-corrected chi connectivity index (χ1v) is 12.1. The Labute approximate surface area is 197 Å². The molecule has 1 amide bonds. The van der Waals surface area contributed by atoms with E-state index >= 15 is 0 Å². The standard InChI is InChI=1S/C24H25BN6OS/c25-20-14-28-31-22(27-13-18-3-1-8-26-12-18)11-21(29-24(20)31)19-4-2-9-30(15-19)23(32)6-5-17-7-10-33-16-17/h1,3,5-8,10-12,14,16,19,27H,2,4,9,13,15,25H2/b6-5+. The van der Waals surface area contributed by atoms with E-state index in [0.29, 0.717) is 13.1 Å². The first-order valence-electron chi connectivity index (χ1n) is 11.1. The van der Waals surface area contributed by atoms with Gasteiger partial charge in [0.15, 0.2) is 5.65 Å². The molecule has 1 unspecified atom stereocenters. The third kappa shape index (κ3) is 4.83. The molecule has 1 N–H and O–H groups in total. The van der Waals surface area contributed by atoms with Gasteiger partial charge in [0.2, 0.25) is 5.91 Å². The molecule has 0 aliphatic carbocycles. The molecule has 0 spiro atoms. The average Bonchev–Trinajstić information content (AvgIpc) is 3.52. The normalized spacial score (nSPS) is 16.5. The molecule has 1 atom stereocenters. The highest BCUT2D eigenvalue weighted by molar-refractivity contribution is 7.08. The number of fused-ring (bicyclic) bond motifs is 1. The Kier molecular flexibility index (Phi) is 6.21. The smallest absolute Gasteiger partial charge is 0.246 e. The van der Waals surface area contributed by atoms with Crippen molar-refractivity contribution in [3.63, 3.8) is 0 Å². The van der Waals surface area contributed by atoms with Gasteiger partial charge in [0.05, 0.1) is 5.69 Å². The number of rotatable bonds is 6. The van der Waals surface area contributed by atoms with Gasteiger partial charge in [-0.2, -0.15) is 21.0 Å². The van der Waals surface area contributed by atoms with Crippen molar-refractivity contribution in [3.8, 4) is 0 Å². The number of likely N-dealkylation sites (tertiary alicyclic amines) is 1. The van der Waals surface area contributed by atoms with Gasteiger partial charge >= 0.3 is 0 Å². The third-order valence-corrected chi connectivity index (χ3v) is 6.68. The highest BCUT2D eigenvalue weighted by atomic mass is 32.1. The van der Waals surface area contributed by atoms with Crippen LogP contribution in [-0.4, -0.2) is 51.3 Å². The highest BCUT2D eigenvalue weighted by Gasteiger charge is 2.26. The second-order valence-corrected chi connectivity index (χ2v) is 9.14. The molecule has 0 radical (unpaired) electrons. The minimum Gasteiger partial charge on any atom is -0.366 e. The summed E-state index contributed by atoms with van der Waals surface area (Å²) in [6, 6.07) is 8.07. The summed E-state index contributed by atoms with van der Waals surface area (Å²) < 4.78 is 1.85. The van der Waals surface area contributed by atoms with Gasteiger partial charge in [-0.25, -0.2) is 4.98 Å². The molecule has 33 heavy (non-hydrogen) atoms. The summed E-state index contributed by atoms with van der Waals surface area (Å²) in [7, 11) is 2.02. The van der Waals surface area contributed by atoms with Gasteiger partial charge in [-0.3, -0.25) is 9.78 Å². The van der Waals surface area contributed by atoms with E-state index in [2.05, 4.69) is 21.5 Å². The van der Waals surface area contributed by atoms with Gasteiger partial charge in [0.1, 0.15) is 13.7 Å². The number of pyridine rings is 1. The number of carbonyl (C=O) groups excluding carboxylic acids is 1. The van der Waals surface area contributed by atoms with Crippen LogP contribution in [0.5, 0.6) is 0 Å². The number of anilines is 1. The fourth-order valence-corrected chi connectivity index (χ4v) is 4.81. The quantitative estimate of drug-likeness (QED) is 0.357. The summed E-state index contributed by atoms with van der Waals surface area (Å²) >= 11 is 1.63. The number of hydrogen-bond donors (Lipinski definition) is 1. The fourth-order valence-electron chi connectivity index (χ4n) is 4.18. The second-order valence-electron chi connectivity index (χ2n) is 8.36. The SMILES string of the molecule is Bc1cnn2c(NCc3cccnc3)cc(C3CCCN(C(=O)/C=C/c4ccsc4)C3)nc12. The summed E-state index contributed by atoms with van der Waals surface area (Å²) in [6.07, 6.45) is 11.0. The van der Waals surface area contributed by atoms with Crippen molar-refractivity contribution >= 4 is 48.1 Å². The Balaban J connectivity index is 1.37. The molecular weight excluding hydrogens is 431 g/mol. The molecule has 4 aromatic heterocycles. The molecule has 0 saturated carbocycles. The van der Waals surface area contributed by atoms with Crippen molar-refractivity contribution in [3.05, 3.63) is 76.5 Å². The molecule has 1 aliphatic heterocycles. The van der Waals surface area contributed by atoms with Crippen molar-refractivity contribution in [2.45, 2.75) is 25.3 Å². The Morgan fingerprint density at radius 3 is 3.09 bits per heavy atom. The zero-order valence-electron chi connectivity index (χ0n) is 18.5. The number of nitrogens with one attached hydrogen (secondary N) is 1. The van der Waals surface area contributed by atoms with Gasteiger partial charge < -0.3 is 10.2 Å². The largest absolute Gasteiger partial charge is 0.366 e. The van der Waals surface area contributed by atoms with Gasteiger partial charge in [0, 0.05) is 56.3 Å². The van der Waals surface area contributed by atoms with Crippen molar-refractivity contribution in [1.82, 2.24) is 24.5 Å². The first kappa shape index (κ1) is 21.4. The van der Waals surface area contributed by atoms with Crippen molar-refractivity contribution in [1.29, 1.82) is 0 Å². The first-order chi connectivity index (χ1) is 16.2. The molecular formula is C24H25BN6OS. The number of thiophene rings is 1. The fraction of sp³-hybridized carbons (Fsp3) is 0.250. The van der Waals surface area contributed by atoms with Gasteiger partial charge in [-0.15, -0.1) is 0 Å². The van der Waals surface area contributed by atoms with Crippen LogP contribution in [0.15, 0.2) is 59.7 Å².